The predicted octanol–water partition coefficient (Wildman–Crippen LogP) is 7.19. The van der Waals surface area contributed by atoms with E-state index in [9.17, 15) is 0 Å². The lowest BCUT2D eigenvalue weighted by atomic mass is 9.86. The molecule has 0 aliphatic rings. The summed E-state index contributed by atoms with van der Waals surface area (Å²) in [5.74, 6) is 2.81. The van der Waals surface area contributed by atoms with Crippen LogP contribution in [0.5, 0.6) is 0 Å². The van der Waals surface area contributed by atoms with E-state index in [-0.39, 0.29) is 0 Å². The molecule has 0 spiro atoms. The summed E-state index contributed by atoms with van der Waals surface area (Å²) in [4.78, 5) is 0. The first-order chi connectivity index (χ1) is 9.77. The molecule has 0 aromatic rings. The van der Waals surface area contributed by atoms with Crippen LogP contribution in [0.4, 0.5) is 0 Å². The van der Waals surface area contributed by atoms with E-state index in [1.54, 1.807) is 0 Å². The summed E-state index contributed by atoms with van der Waals surface area (Å²) in [6.45, 7) is 18.3. The zero-order valence-corrected chi connectivity index (χ0v) is 15.7. The van der Waals surface area contributed by atoms with Crippen molar-refractivity contribution in [1.29, 1.82) is 0 Å². The summed E-state index contributed by atoms with van der Waals surface area (Å²) in [5, 5.41) is 0. The van der Waals surface area contributed by atoms with Crippen molar-refractivity contribution in [1.82, 2.24) is 0 Å². The third-order valence-electron chi connectivity index (χ3n) is 4.72. The Bertz CT molecular complexity index is 354. The molecule has 0 aliphatic heterocycles. The molecular formula is C21H38. The molecule has 0 N–H and O–H groups in total. The molecule has 0 bridgehead atoms. The molecule has 0 aromatic carbocycles. The third kappa shape index (κ3) is 9.72. The highest BCUT2D eigenvalue weighted by Gasteiger charge is 2.12. The molecule has 0 nitrogen and oxygen atoms in total. The molecular weight excluding hydrogens is 252 g/mol. The highest BCUT2D eigenvalue weighted by atomic mass is 14.2. The molecule has 0 saturated heterocycles. The molecule has 0 amide bonds. The Morgan fingerprint density at radius 2 is 1.48 bits per heavy atom. The lowest BCUT2D eigenvalue weighted by Gasteiger charge is -2.20. The number of allylic oxidation sites excluding steroid dienone is 6. The van der Waals surface area contributed by atoms with E-state index in [4.69, 9.17) is 0 Å². The van der Waals surface area contributed by atoms with Crippen LogP contribution in [0.1, 0.15) is 74.7 Å². The standard InChI is InChI=1S/C21H38/c1-9-17(4)11-13-19(6)21(8)15-14-20(7)18(5)12-10-16(2)3/h10-13,16,18,20-21H,9,14-15H2,1-8H3/b12-10-,17-11+,19-13+. The van der Waals surface area contributed by atoms with Gasteiger partial charge in [-0.2, -0.15) is 0 Å². The highest BCUT2D eigenvalue weighted by molar-refractivity contribution is 5.16. The van der Waals surface area contributed by atoms with Gasteiger partial charge < -0.3 is 0 Å². The molecule has 0 heterocycles. The average molecular weight is 291 g/mol. The van der Waals surface area contributed by atoms with E-state index >= 15 is 0 Å². The second-order valence-electron chi connectivity index (χ2n) is 7.22. The van der Waals surface area contributed by atoms with Gasteiger partial charge in [0, 0.05) is 0 Å². The van der Waals surface area contributed by atoms with Crippen molar-refractivity contribution in [2.24, 2.45) is 23.7 Å². The average Bonchev–Trinajstić information content (AvgIpc) is 2.46. The zero-order chi connectivity index (χ0) is 16.4. The van der Waals surface area contributed by atoms with Crippen molar-refractivity contribution < 1.29 is 0 Å². The minimum atomic E-state index is 0.664. The predicted molar refractivity (Wildman–Crippen MR) is 98.5 cm³/mol. The van der Waals surface area contributed by atoms with Gasteiger partial charge in [0.15, 0.2) is 0 Å². The van der Waals surface area contributed by atoms with Crippen molar-refractivity contribution in [3.05, 3.63) is 35.5 Å². The lowest BCUT2D eigenvalue weighted by Crippen LogP contribution is -2.08. The molecule has 0 saturated carbocycles. The molecule has 0 fully saturated rings. The highest BCUT2D eigenvalue weighted by Crippen LogP contribution is 2.24. The van der Waals surface area contributed by atoms with Crippen molar-refractivity contribution in [2.75, 3.05) is 0 Å². The normalized spacial score (nSPS) is 18.3. The van der Waals surface area contributed by atoms with Crippen LogP contribution in [-0.2, 0) is 0 Å². The van der Waals surface area contributed by atoms with E-state index in [0.717, 1.165) is 12.3 Å². The minimum Gasteiger partial charge on any atom is -0.0857 e. The Morgan fingerprint density at radius 1 is 0.857 bits per heavy atom. The number of hydrogen-bond acceptors (Lipinski definition) is 0. The second kappa shape index (κ2) is 10.9. The van der Waals surface area contributed by atoms with Crippen LogP contribution in [0, 0.1) is 23.7 Å². The monoisotopic (exact) mass is 290 g/mol. The first kappa shape index (κ1) is 20.2. The van der Waals surface area contributed by atoms with Crippen LogP contribution < -0.4 is 0 Å². The zero-order valence-electron chi connectivity index (χ0n) is 15.7. The van der Waals surface area contributed by atoms with Crippen LogP contribution in [0.15, 0.2) is 35.5 Å². The summed E-state index contributed by atoms with van der Waals surface area (Å²) in [7, 11) is 0. The first-order valence-corrected chi connectivity index (χ1v) is 8.80. The van der Waals surface area contributed by atoms with Crippen LogP contribution in [-0.4, -0.2) is 0 Å². The topological polar surface area (TPSA) is 0 Å². The molecule has 21 heavy (non-hydrogen) atoms. The summed E-state index contributed by atoms with van der Waals surface area (Å²) in [5.41, 5.74) is 2.97. The van der Waals surface area contributed by atoms with Crippen molar-refractivity contribution >= 4 is 0 Å². The molecule has 3 unspecified atom stereocenters. The van der Waals surface area contributed by atoms with E-state index in [1.807, 2.05) is 0 Å². The van der Waals surface area contributed by atoms with Gasteiger partial charge in [-0.15, -0.1) is 0 Å². The van der Waals surface area contributed by atoms with E-state index in [1.165, 1.54) is 24.0 Å². The molecule has 0 rings (SSSR count). The van der Waals surface area contributed by atoms with Gasteiger partial charge >= 0.3 is 0 Å². The summed E-state index contributed by atoms with van der Waals surface area (Å²) in [6, 6.07) is 0. The Balaban J connectivity index is 4.32. The molecule has 0 heteroatoms. The lowest BCUT2D eigenvalue weighted by molar-refractivity contribution is 0.389. The van der Waals surface area contributed by atoms with Gasteiger partial charge in [-0.1, -0.05) is 77.0 Å². The largest absolute Gasteiger partial charge is 0.0857 e. The van der Waals surface area contributed by atoms with Crippen LogP contribution in [0.25, 0.3) is 0 Å². The second-order valence-corrected chi connectivity index (χ2v) is 7.22. The number of hydrogen-bond donors (Lipinski definition) is 0. The van der Waals surface area contributed by atoms with Gasteiger partial charge in [-0.25, -0.2) is 0 Å². The van der Waals surface area contributed by atoms with Crippen molar-refractivity contribution in [3.8, 4) is 0 Å². The fraction of sp³-hybridized carbons (Fsp3) is 0.714. The van der Waals surface area contributed by atoms with Crippen LogP contribution >= 0.6 is 0 Å². The SMILES string of the molecule is CC/C(C)=C/C=C(\C)C(C)CCC(C)C(C)/C=C\C(C)C. The van der Waals surface area contributed by atoms with Gasteiger partial charge in [0.1, 0.15) is 0 Å². The van der Waals surface area contributed by atoms with Gasteiger partial charge in [-0.05, 0) is 56.8 Å². The molecule has 3 atom stereocenters. The van der Waals surface area contributed by atoms with Gasteiger partial charge in [0.05, 0.1) is 0 Å². The Hall–Kier alpha value is -0.780. The summed E-state index contributed by atoms with van der Waals surface area (Å²) >= 11 is 0. The van der Waals surface area contributed by atoms with E-state index < -0.39 is 0 Å². The summed E-state index contributed by atoms with van der Waals surface area (Å²) < 4.78 is 0. The quantitative estimate of drug-likeness (QED) is 0.311. The van der Waals surface area contributed by atoms with Crippen LogP contribution in [0.3, 0.4) is 0 Å². The Morgan fingerprint density at radius 3 is 2.00 bits per heavy atom. The first-order valence-electron chi connectivity index (χ1n) is 8.80. The Kier molecular flexibility index (Phi) is 10.5. The fourth-order valence-corrected chi connectivity index (χ4v) is 2.15. The molecule has 0 aliphatic carbocycles. The third-order valence-corrected chi connectivity index (χ3v) is 4.72. The molecule has 0 radical (unpaired) electrons. The maximum atomic E-state index is 2.40. The maximum absolute atomic E-state index is 2.40. The van der Waals surface area contributed by atoms with E-state index in [2.05, 4.69) is 79.7 Å². The molecule has 122 valence electrons. The Labute approximate surface area is 134 Å². The summed E-state index contributed by atoms with van der Waals surface area (Å²) in [6.07, 6.45) is 13.1. The van der Waals surface area contributed by atoms with Gasteiger partial charge in [0.2, 0.25) is 0 Å². The fourth-order valence-electron chi connectivity index (χ4n) is 2.15. The van der Waals surface area contributed by atoms with Gasteiger partial charge in [-0.3, -0.25) is 0 Å². The van der Waals surface area contributed by atoms with Gasteiger partial charge in [0.25, 0.3) is 0 Å². The van der Waals surface area contributed by atoms with E-state index in [0.29, 0.717) is 17.8 Å². The number of rotatable bonds is 9. The minimum absolute atomic E-state index is 0.664. The van der Waals surface area contributed by atoms with Crippen molar-refractivity contribution in [3.63, 3.8) is 0 Å². The smallest absolute Gasteiger partial charge is 0.0231 e. The molecule has 0 aromatic heterocycles. The van der Waals surface area contributed by atoms with Crippen LogP contribution in [0.2, 0.25) is 0 Å². The van der Waals surface area contributed by atoms with Crippen molar-refractivity contribution in [2.45, 2.75) is 74.7 Å². The maximum Gasteiger partial charge on any atom is -0.0231 e.